The molecule has 25 heavy (non-hydrogen) atoms. The molecule has 2 heterocycles. The number of aliphatic imine (C=N–C) groups is 1. The average molecular weight is 459 g/mol. The number of anilines is 1. The van der Waals surface area contributed by atoms with Crippen LogP contribution in [-0.2, 0) is 6.54 Å². The van der Waals surface area contributed by atoms with E-state index in [0.717, 1.165) is 43.9 Å². The third kappa shape index (κ3) is 8.25. The Morgan fingerprint density at radius 3 is 2.68 bits per heavy atom. The molecular formula is C19H34IN5. The Morgan fingerprint density at radius 1 is 1.24 bits per heavy atom. The summed E-state index contributed by atoms with van der Waals surface area (Å²) in [5.41, 5.74) is 1.25. The van der Waals surface area contributed by atoms with Gasteiger partial charge in [-0.3, -0.25) is 4.99 Å². The van der Waals surface area contributed by atoms with E-state index >= 15 is 0 Å². The smallest absolute Gasteiger partial charge is 0.191 e. The minimum atomic E-state index is 0. The first-order chi connectivity index (χ1) is 11.7. The fourth-order valence-electron chi connectivity index (χ4n) is 2.99. The van der Waals surface area contributed by atoms with Crippen LogP contribution >= 0.6 is 24.0 Å². The summed E-state index contributed by atoms with van der Waals surface area (Å²) < 4.78 is 0. The van der Waals surface area contributed by atoms with E-state index in [9.17, 15) is 0 Å². The van der Waals surface area contributed by atoms with E-state index in [1.54, 1.807) is 0 Å². The van der Waals surface area contributed by atoms with Gasteiger partial charge in [0, 0.05) is 39.4 Å². The largest absolute Gasteiger partial charge is 0.357 e. The molecule has 1 saturated heterocycles. The summed E-state index contributed by atoms with van der Waals surface area (Å²) in [5.74, 6) is 2.73. The zero-order valence-corrected chi connectivity index (χ0v) is 18.3. The van der Waals surface area contributed by atoms with Crippen molar-refractivity contribution in [2.75, 3.05) is 31.6 Å². The second-order valence-corrected chi connectivity index (χ2v) is 6.96. The number of piperidine rings is 1. The summed E-state index contributed by atoms with van der Waals surface area (Å²) in [5, 5.41) is 6.78. The summed E-state index contributed by atoms with van der Waals surface area (Å²) in [6.07, 6.45) is 8.23. The van der Waals surface area contributed by atoms with Gasteiger partial charge in [0.2, 0.25) is 0 Å². The minimum Gasteiger partial charge on any atom is -0.357 e. The molecule has 0 radical (unpaired) electrons. The highest BCUT2D eigenvalue weighted by Crippen LogP contribution is 2.18. The Hall–Kier alpha value is -1.05. The van der Waals surface area contributed by atoms with Gasteiger partial charge in [0.1, 0.15) is 5.82 Å². The Balaban J connectivity index is 0.00000312. The lowest BCUT2D eigenvalue weighted by molar-refractivity contribution is 0.549. The maximum Gasteiger partial charge on any atom is 0.191 e. The number of rotatable bonds is 7. The lowest BCUT2D eigenvalue weighted by atomic mass is 10.1. The molecule has 0 atom stereocenters. The van der Waals surface area contributed by atoms with E-state index in [0.29, 0.717) is 0 Å². The summed E-state index contributed by atoms with van der Waals surface area (Å²) in [7, 11) is 1.82. The molecule has 0 aliphatic carbocycles. The van der Waals surface area contributed by atoms with Gasteiger partial charge in [0.25, 0.3) is 0 Å². The molecule has 0 bridgehead atoms. The molecule has 2 N–H and O–H groups in total. The van der Waals surface area contributed by atoms with Crippen molar-refractivity contribution in [2.24, 2.45) is 10.9 Å². The van der Waals surface area contributed by atoms with Crippen molar-refractivity contribution in [3.05, 3.63) is 23.9 Å². The fourth-order valence-corrected chi connectivity index (χ4v) is 2.99. The van der Waals surface area contributed by atoms with Crippen LogP contribution in [0.4, 0.5) is 5.82 Å². The highest BCUT2D eigenvalue weighted by atomic mass is 127. The number of aromatic nitrogens is 1. The molecule has 6 heteroatoms. The van der Waals surface area contributed by atoms with E-state index in [4.69, 9.17) is 0 Å². The van der Waals surface area contributed by atoms with Crippen LogP contribution < -0.4 is 15.5 Å². The van der Waals surface area contributed by atoms with Crippen molar-refractivity contribution >= 4 is 35.8 Å². The van der Waals surface area contributed by atoms with E-state index < -0.39 is 0 Å². The van der Waals surface area contributed by atoms with E-state index in [-0.39, 0.29) is 24.0 Å². The lowest BCUT2D eigenvalue weighted by Gasteiger charge is -2.28. The van der Waals surface area contributed by atoms with Crippen LogP contribution in [-0.4, -0.2) is 37.6 Å². The molecule has 0 unspecified atom stereocenters. The zero-order valence-electron chi connectivity index (χ0n) is 15.9. The molecule has 1 aliphatic heterocycles. The maximum absolute atomic E-state index is 4.54. The Labute approximate surface area is 170 Å². The predicted octanol–water partition coefficient (Wildman–Crippen LogP) is 3.79. The van der Waals surface area contributed by atoms with Crippen molar-refractivity contribution < 1.29 is 0 Å². The number of guanidine groups is 1. The van der Waals surface area contributed by atoms with Crippen molar-refractivity contribution in [2.45, 2.75) is 52.5 Å². The molecule has 0 amide bonds. The molecular weight excluding hydrogens is 425 g/mol. The van der Waals surface area contributed by atoms with E-state index in [1.165, 1.54) is 37.7 Å². The molecule has 5 nitrogen and oxygen atoms in total. The van der Waals surface area contributed by atoms with Gasteiger partial charge in [-0.25, -0.2) is 4.98 Å². The number of hydrogen-bond donors (Lipinski definition) is 2. The monoisotopic (exact) mass is 459 g/mol. The van der Waals surface area contributed by atoms with Gasteiger partial charge in [0.05, 0.1) is 0 Å². The number of nitrogens with one attached hydrogen (secondary N) is 2. The molecule has 2 rings (SSSR count). The first kappa shape index (κ1) is 22.0. The van der Waals surface area contributed by atoms with Gasteiger partial charge in [-0.05, 0) is 55.7 Å². The summed E-state index contributed by atoms with van der Waals surface area (Å²) in [6.45, 7) is 8.51. The quantitative estimate of drug-likeness (QED) is 0.282. The van der Waals surface area contributed by atoms with E-state index in [2.05, 4.69) is 51.5 Å². The van der Waals surface area contributed by atoms with Crippen LogP contribution in [0.3, 0.4) is 0 Å². The van der Waals surface area contributed by atoms with Crippen LogP contribution in [0.25, 0.3) is 0 Å². The summed E-state index contributed by atoms with van der Waals surface area (Å²) in [6, 6.07) is 4.27. The van der Waals surface area contributed by atoms with Crippen LogP contribution in [0.5, 0.6) is 0 Å². The highest BCUT2D eigenvalue weighted by molar-refractivity contribution is 14.0. The van der Waals surface area contributed by atoms with Gasteiger partial charge < -0.3 is 15.5 Å². The van der Waals surface area contributed by atoms with Gasteiger partial charge in [0.15, 0.2) is 5.96 Å². The molecule has 1 fully saturated rings. The van der Waals surface area contributed by atoms with Crippen molar-refractivity contribution in [1.29, 1.82) is 0 Å². The lowest BCUT2D eigenvalue weighted by Crippen LogP contribution is -2.37. The molecule has 1 aromatic heterocycles. The van der Waals surface area contributed by atoms with Crippen LogP contribution in [0.15, 0.2) is 23.3 Å². The maximum atomic E-state index is 4.54. The number of nitrogens with zero attached hydrogens (tertiary/aromatic N) is 3. The van der Waals surface area contributed by atoms with Gasteiger partial charge in [-0.2, -0.15) is 0 Å². The van der Waals surface area contributed by atoms with Gasteiger partial charge in [-0.15, -0.1) is 24.0 Å². The normalized spacial score (nSPS) is 15.0. The van der Waals surface area contributed by atoms with E-state index in [1.807, 2.05) is 13.2 Å². The van der Waals surface area contributed by atoms with Gasteiger partial charge >= 0.3 is 0 Å². The third-order valence-electron chi connectivity index (χ3n) is 4.42. The summed E-state index contributed by atoms with van der Waals surface area (Å²) >= 11 is 0. The fraction of sp³-hybridized carbons (Fsp3) is 0.684. The second kappa shape index (κ2) is 12.3. The zero-order chi connectivity index (χ0) is 17.2. The van der Waals surface area contributed by atoms with Crippen molar-refractivity contribution in [3.8, 4) is 0 Å². The molecule has 0 spiro atoms. The standard InChI is InChI=1S/C19H33N5.HI/c1-16(2)8-7-10-22-19(20-3)23-15-17-9-11-21-18(14-17)24-12-5-4-6-13-24;/h9,11,14,16H,4-8,10,12-13,15H2,1-3H3,(H2,20,22,23);1H. The van der Waals surface area contributed by atoms with Crippen molar-refractivity contribution in [3.63, 3.8) is 0 Å². The second-order valence-electron chi connectivity index (χ2n) is 6.96. The Bertz CT molecular complexity index is 512. The summed E-state index contributed by atoms with van der Waals surface area (Å²) in [4.78, 5) is 11.2. The Kier molecular flexibility index (Phi) is 10.8. The molecule has 142 valence electrons. The number of pyridine rings is 1. The number of halogens is 1. The first-order valence-corrected chi connectivity index (χ1v) is 9.33. The highest BCUT2D eigenvalue weighted by Gasteiger charge is 2.12. The number of hydrogen-bond acceptors (Lipinski definition) is 3. The van der Waals surface area contributed by atoms with Gasteiger partial charge in [-0.1, -0.05) is 13.8 Å². The SMILES string of the molecule is CN=C(NCCCC(C)C)NCc1ccnc(N2CCCCC2)c1.I. The topological polar surface area (TPSA) is 52.6 Å². The molecule has 0 aromatic carbocycles. The van der Waals surface area contributed by atoms with Crippen molar-refractivity contribution in [1.82, 2.24) is 15.6 Å². The van der Waals surface area contributed by atoms with Crippen LogP contribution in [0, 0.1) is 5.92 Å². The first-order valence-electron chi connectivity index (χ1n) is 9.33. The molecule has 1 aromatic rings. The Morgan fingerprint density at radius 2 is 2.00 bits per heavy atom. The van der Waals surface area contributed by atoms with Crippen LogP contribution in [0.1, 0.15) is 51.5 Å². The third-order valence-corrected chi connectivity index (χ3v) is 4.42. The predicted molar refractivity (Wildman–Crippen MR) is 118 cm³/mol. The minimum absolute atomic E-state index is 0. The average Bonchev–Trinajstić information content (AvgIpc) is 2.62. The van der Waals surface area contributed by atoms with Crippen LogP contribution in [0.2, 0.25) is 0 Å². The molecule has 0 saturated carbocycles. The molecule has 1 aliphatic rings.